The summed E-state index contributed by atoms with van der Waals surface area (Å²) < 4.78 is 24.7. The summed E-state index contributed by atoms with van der Waals surface area (Å²) >= 11 is 0. The number of hydrogen-bond donors (Lipinski definition) is 3. The molecule has 0 radical (unpaired) electrons. The molecule has 1 aromatic carbocycles. The van der Waals surface area contributed by atoms with E-state index < -0.39 is 10.0 Å². The van der Waals surface area contributed by atoms with Gasteiger partial charge in [-0.15, -0.1) is 0 Å². The Kier molecular flexibility index (Phi) is 4.81. The number of benzene rings is 1. The second-order valence-electron chi connectivity index (χ2n) is 4.83. The van der Waals surface area contributed by atoms with Gasteiger partial charge in [-0.2, -0.15) is 4.98 Å². The zero-order chi connectivity index (χ0) is 16.2. The van der Waals surface area contributed by atoms with E-state index in [1.807, 2.05) is 19.9 Å². The Bertz CT molecular complexity index is 744. The number of aromatic nitrogens is 2. The van der Waals surface area contributed by atoms with Gasteiger partial charge in [0.1, 0.15) is 5.82 Å². The molecule has 118 valence electrons. The molecule has 0 bridgehead atoms. The minimum Gasteiger partial charge on any atom is -0.370 e. The number of nitrogens with one attached hydrogen (secondary N) is 3. The van der Waals surface area contributed by atoms with E-state index in [1.54, 1.807) is 24.3 Å². The third kappa shape index (κ3) is 4.88. The zero-order valence-corrected chi connectivity index (χ0v) is 13.5. The highest BCUT2D eigenvalue weighted by molar-refractivity contribution is 7.92. The van der Waals surface area contributed by atoms with Crippen molar-refractivity contribution >= 4 is 33.2 Å². The smallest absolute Gasteiger partial charge is 0.229 e. The molecule has 3 N–H and O–H groups in total. The van der Waals surface area contributed by atoms with Gasteiger partial charge in [0.15, 0.2) is 0 Å². The Morgan fingerprint density at radius 3 is 2.32 bits per heavy atom. The SMILES string of the molecule is CCNc1cc(C)nc(Nc2ccc(NS(C)(=O)=O)cc2)n1. The van der Waals surface area contributed by atoms with Gasteiger partial charge in [0.25, 0.3) is 0 Å². The minimum absolute atomic E-state index is 0.486. The summed E-state index contributed by atoms with van der Waals surface area (Å²) in [7, 11) is -3.27. The van der Waals surface area contributed by atoms with Gasteiger partial charge >= 0.3 is 0 Å². The maximum atomic E-state index is 11.2. The van der Waals surface area contributed by atoms with E-state index in [0.29, 0.717) is 11.6 Å². The summed E-state index contributed by atoms with van der Waals surface area (Å²) in [4.78, 5) is 8.68. The van der Waals surface area contributed by atoms with Crippen LogP contribution in [-0.4, -0.2) is 31.2 Å². The first-order chi connectivity index (χ1) is 10.4. The van der Waals surface area contributed by atoms with E-state index in [0.717, 1.165) is 30.0 Å². The van der Waals surface area contributed by atoms with Crippen LogP contribution in [0, 0.1) is 6.92 Å². The average molecular weight is 321 g/mol. The summed E-state index contributed by atoms with van der Waals surface area (Å²) in [6.45, 7) is 4.67. The molecule has 8 heteroatoms. The van der Waals surface area contributed by atoms with Crippen molar-refractivity contribution in [3.63, 3.8) is 0 Å². The quantitative estimate of drug-likeness (QED) is 0.756. The second kappa shape index (κ2) is 6.61. The lowest BCUT2D eigenvalue weighted by atomic mass is 10.3. The topological polar surface area (TPSA) is 96.0 Å². The lowest BCUT2D eigenvalue weighted by Crippen LogP contribution is -2.09. The van der Waals surface area contributed by atoms with E-state index in [-0.39, 0.29) is 0 Å². The van der Waals surface area contributed by atoms with Gasteiger partial charge in [0.2, 0.25) is 16.0 Å². The highest BCUT2D eigenvalue weighted by Crippen LogP contribution is 2.18. The standard InChI is InChI=1S/C14H19N5O2S/c1-4-15-13-9-10(2)16-14(18-13)17-11-5-7-12(8-6-11)19-22(3,20)21/h5-9,19H,4H2,1-3H3,(H2,15,16,17,18). The summed E-state index contributed by atoms with van der Waals surface area (Å²) in [5.41, 5.74) is 2.13. The van der Waals surface area contributed by atoms with Gasteiger partial charge in [-0.3, -0.25) is 4.72 Å². The van der Waals surface area contributed by atoms with Gasteiger partial charge < -0.3 is 10.6 Å². The van der Waals surface area contributed by atoms with E-state index in [4.69, 9.17) is 0 Å². The maximum absolute atomic E-state index is 11.2. The van der Waals surface area contributed by atoms with Crippen LogP contribution >= 0.6 is 0 Å². The van der Waals surface area contributed by atoms with Crippen LogP contribution < -0.4 is 15.4 Å². The summed E-state index contributed by atoms with van der Waals surface area (Å²) in [6, 6.07) is 8.72. The highest BCUT2D eigenvalue weighted by Gasteiger charge is 2.04. The van der Waals surface area contributed by atoms with Crippen molar-refractivity contribution in [2.24, 2.45) is 0 Å². The number of rotatable bonds is 6. The number of sulfonamides is 1. The summed E-state index contributed by atoms with van der Waals surface area (Å²) in [5, 5.41) is 6.24. The molecular weight excluding hydrogens is 302 g/mol. The van der Waals surface area contributed by atoms with Crippen molar-refractivity contribution in [2.75, 3.05) is 28.2 Å². The van der Waals surface area contributed by atoms with Gasteiger partial charge in [-0.25, -0.2) is 13.4 Å². The number of aryl methyl sites for hydroxylation is 1. The first-order valence-corrected chi connectivity index (χ1v) is 8.69. The van der Waals surface area contributed by atoms with Crippen molar-refractivity contribution in [1.82, 2.24) is 9.97 Å². The molecule has 0 amide bonds. The molecule has 0 aliphatic carbocycles. The maximum Gasteiger partial charge on any atom is 0.229 e. The Balaban J connectivity index is 2.14. The van der Waals surface area contributed by atoms with Crippen LogP contribution in [0.2, 0.25) is 0 Å². The van der Waals surface area contributed by atoms with E-state index in [9.17, 15) is 8.42 Å². The number of anilines is 4. The molecule has 22 heavy (non-hydrogen) atoms. The molecule has 0 saturated carbocycles. The molecule has 7 nitrogen and oxygen atoms in total. The number of hydrogen-bond acceptors (Lipinski definition) is 6. The fourth-order valence-corrected chi connectivity index (χ4v) is 2.43. The van der Waals surface area contributed by atoms with Crippen LogP contribution in [0.4, 0.5) is 23.1 Å². The molecule has 0 unspecified atom stereocenters. The molecule has 1 heterocycles. The van der Waals surface area contributed by atoms with Crippen LogP contribution in [-0.2, 0) is 10.0 Å². The van der Waals surface area contributed by atoms with Gasteiger partial charge in [-0.05, 0) is 38.1 Å². The molecule has 0 saturated heterocycles. The van der Waals surface area contributed by atoms with E-state index in [1.165, 1.54) is 0 Å². The molecule has 0 spiro atoms. The largest absolute Gasteiger partial charge is 0.370 e. The van der Waals surface area contributed by atoms with Gasteiger partial charge in [0.05, 0.1) is 6.26 Å². The summed E-state index contributed by atoms with van der Waals surface area (Å²) in [6.07, 6.45) is 1.11. The van der Waals surface area contributed by atoms with Crippen molar-refractivity contribution in [3.8, 4) is 0 Å². The minimum atomic E-state index is -3.27. The first kappa shape index (κ1) is 16.0. The lowest BCUT2D eigenvalue weighted by Gasteiger charge is -2.09. The average Bonchev–Trinajstić information content (AvgIpc) is 2.39. The van der Waals surface area contributed by atoms with Crippen molar-refractivity contribution in [1.29, 1.82) is 0 Å². The summed E-state index contributed by atoms with van der Waals surface area (Å²) in [5.74, 6) is 1.24. The fourth-order valence-electron chi connectivity index (χ4n) is 1.86. The number of nitrogens with zero attached hydrogens (tertiary/aromatic N) is 2. The Morgan fingerprint density at radius 1 is 1.09 bits per heavy atom. The lowest BCUT2D eigenvalue weighted by molar-refractivity contribution is 0.607. The third-order valence-corrected chi connectivity index (χ3v) is 3.26. The second-order valence-corrected chi connectivity index (χ2v) is 6.57. The monoisotopic (exact) mass is 321 g/mol. The van der Waals surface area contributed by atoms with Gasteiger partial charge in [-0.1, -0.05) is 0 Å². The zero-order valence-electron chi connectivity index (χ0n) is 12.7. The molecular formula is C14H19N5O2S. The van der Waals surface area contributed by atoms with Crippen LogP contribution in [0.15, 0.2) is 30.3 Å². The van der Waals surface area contributed by atoms with Crippen molar-refractivity contribution < 1.29 is 8.42 Å². The Morgan fingerprint density at radius 2 is 1.73 bits per heavy atom. The molecule has 1 aromatic heterocycles. The molecule has 2 aromatic rings. The fraction of sp³-hybridized carbons (Fsp3) is 0.286. The first-order valence-electron chi connectivity index (χ1n) is 6.80. The Labute approximate surface area is 130 Å². The molecule has 0 fully saturated rings. The third-order valence-electron chi connectivity index (χ3n) is 2.66. The van der Waals surface area contributed by atoms with E-state index in [2.05, 4.69) is 25.3 Å². The molecule has 0 aliphatic heterocycles. The molecule has 2 rings (SSSR count). The molecule has 0 aliphatic rings. The predicted molar refractivity (Wildman–Crippen MR) is 89.1 cm³/mol. The van der Waals surface area contributed by atoms with Crippen LogP contribution in [0.3, 0.4) is 0 Å². The van der Waals surface area contributed by atoms with Crippen molar-refractivity contribution in [3.05, 3.63) is 36.0 Å². The predicted octanol–water partition coefficient (Wildman–Crippen LogP) is 2.33. The van der Waals surface area contributed by atoms with Crippen LogP contribution in [0.5, 0.6) is 0 Å². The highest BCUT2D eigenvalue weighted by atomic mass is 32.2. The van der Waals surface area contributed by atoms with Crippen LogP contribution in [0.1, 0.15) is 12.6 Å². The Hall–Kier alpha value is -2.35. The normalized spacial score (nSPS) is 11.0. The van der Waals surface area contributed by atoms with E-state index >= 15 is 0 Å². The van der Waals surface area contributed by atoms with Gasteiger partial charge in [0, 0.05) is 29.7 Å². The van der Waals surface area contributed by atoms with Crippen LogP contribution in [0.25, 0.3) is 0 Å². The molecule has 0 atom stereocenters. The van der Waals surface area contributed by atoms with Crippen molar-refractivity contribution in [2.45, 2.75) is 13.8 Å².